The molecule has 0 radical (unpaired) electrons. The number of nitrogens with one attached hydrogen (secondary N) is 1. The topological polar surface area (TPSA) is 143 Å². The molecule has 0 fully saturated rings. The third kappa shape index (κ3) is 10.4. The van der Waals surface area contributed by atoms with Gasteiger partial charge in [0.1, 0.15) is 5.75 Å². The van der Waals surface area contributed by atoms with Gasteiger partial charge < -0.3 is 29.4 Å². The van der Waals surface area contributed by atoms with E-state index in [4.69, 9.17) is 9.47 Å². The van der Waals surface area contributed by atoms with Gasteiger partial charge in [-0.15, -0.1) is 0 Å². The van der Waals surface area contributed by atoms with Crippen molar-refractivity contribution in [1.82, 2.24) is 18.8 Å². The molecule has 2 N–H and O–H groups in total. The van der Waals surface area contributed by atoms with Crippen LogP contribution in [0.2, 0.25) is 0 Å². The number of aromatic nitrogens is 2. The smallest absolute Gasteiger partial charge is 0.389 e. The Labute approximate surface area is 267 Å². The SMILES string of the molecule is C[C@@H]1CCCCO[C@@H](CN(C)S(=O)(=O)c2cn(C)cn2)[C@@H](C)CN([C@H](C)CO)C(=O)c2cc(NC(=O)CCC(F)(F)F)ccc2O1. The number of aryl methyl sites for hydroxylation is 1. The van der Waals surface area contributed by atoms with Crippen molar-refractivity contribution in [3.05, 3.63) is 36.3 Å². The highest BCUT2D eigenvalue weighted by Gasteiger charge is 2.33. The van der Waals surface area contributed by atoms with Gasteiger partial charge in [0, 0.05) is 58.0 Å². The van der Waals surface area contributed by atoms with Gasteiger partial charge in [-0.25, -0.2) is 13.4 Å². The summed E-state index contributed by atoms with van der Waals surface area (Å²) in [7, 11) is -0.835. The number of carbonyl (C=O) groups is 2. The van der Waals surface area contributed by atoms with E-state index in [1.54, 1.807) is 14.0 Å². The summed E-state index contributed by atoms with van der Waals surface area (Å²) in [4.78, 5) is 31.8. The molecule has 12 nitrogen and oxygen atoms in total. The van der Waals surface area contributed by atoms with Crippen LogP contribution in [0.15, 0.2) is 35.7 Å². The van der Waals surface area contributed by atoms with Gasteiger partial charge in [-0.2, -0.15) is 17.5 Å². The molecule has 46 heavy (non-hydrogen) atoms. The molecule has 1 aliphatic heterocycles. The van der Waals surface area contributed by atoms with Crippen LogP contribution >= 0.6 is 0 Å². The van der Waals surface area contributed by atoms with Crippen LogP contribution in [0.4, 0.5) is 18.9 Å². The minimum atomic E-state index is -4.49. The summed E-state index contributed by atoms with van der Waals surface area (Å²) >= 11 is 0. The molecule has 0 bridgehead atoms. The molecule has 16 heteroatoms. The molecule has 1 aliphatic rings. The largest absolute Gasteiger partial charge is 0.490 e. The summed E-state index contributed by atoms with van der Waals surface area (Å²) in [5, 5.41) is 12.4. The molecule has 0 saturated heterocycles. The molecule has 4 atom stereocenters. The monoisotopic (exact) mass is 675 g/mol. The maximum Gasteiger partial charge on any atom is 0.389 e. The van der Waals surface area contributed by atoms with Crippen molar-refractivity contribution >= 4 is 27.5 Å². The second-order valence-corrected chi connectivity index (χ2v) is 13.8. The Morgan fingerprint density at radius 1 is 1.26 bits per heavy atom. The van der Waals surface area contributed by atoms with E-state index < -0.39 is 65.5 Å². The summed E-state index contributed by atoms with van der Waals surface area (Å²) in [6.45, 7) is 5.28. The molecule has 2 amide bonds. The fourth-order valence-electron chi connectivity index (χ4n) is 4.97. The molecule has 0 saturated carbocycles. The van der Waals surface area contributed by atoms with E-state index in [9.17, 15) is 36.3 Å². The summed E-state index contributed by atoms with van der Waals surface area (Å²) in [6, 6.07) is 3.61. The molecule has 2 heterocycles. The van der Waals surface area contributed by atoms with Crippen molar-refractivity contribution in [3.8, 4) is 5.75 Å². The number of sulfonamides is 1. The molecular weight excluding hydrogens is 631 g/mol. The summed E-state index contributed by atoms with van der Waals surface area (Å²) in [6.07, 6.45) is -2.74. The number of nitrogens with zero attached hydrogens (tertiary/aromatic N) is 4. The van der Waals surface area contributed by atoms with Crippen LogP contribution in [0.25, 0.3) is 0 Å². The zero-order valence-electron chi connectivity index (χ0n) is 26.8. The van der Waals surface area contributed by atoms with E-state index in [0.717, 1.165) is 0 Å². The first-order chi connectivity index (χ1) is 21.5. The number of aliphatic hydroxyl groups is 1. The number of likely N-dealkylation sites (N-methyl/N-ethyl adjacent to an activating group) is 1. The van der Waals surface area contributed by atoms with Crippen LogP contribution in [0.3, 0.4) is 0 Å². The fourth-order valence-corrected chi connectivity index (χ4v) is 6.12. The minimum Gasteiger partial charge on any atom is -0.490 e. The number of aliphatic hydroxyl groups excluding tert-OH is 1. The molecular formula is C30H44F3N5O7S. The summed E-state index contributed by atoms with van der Waals surface area (Å²) < 4.78 is 79.4. The molecule has 1 aromatic heterocycles. The average molecular weight is 676 g/mol. The van der Waals surface area contributed by atoms with Crippen molar-refractivity contribution in [2.24, 2.45) is 13.0 Å². The number of carbonyl (C=O) groups excluding carboxylic acids is 2. The predicted octanol–water partition coefficient (Wildman–Crippen LogP) is 3.82. The molecule has 0 spiro atoms. The number of alkyl halides is 3. The van der Waals surface area contributed by atoms with E-state index >= 15 is 0 Å². The van der Waals surface area contributed by atoms with E-state index in [0.29, 0.717) is 25.9 Å². The van der Waals surface area contributed by atoms with Gasteiger partial charge in [0.15, 0.2) is 5.03 Å². The van der Waals surface area contributed by atoms with Crippen molar-refractivity contribution in [2.45, 2.75) is 82.3 Å². The van der Waals surface area contributed by atoms with Crippen LogP contribution in [0.1, 0.15) is 63.2 Å². The Balaban J connectivity index is 1.94. The number of anilines is 1. The lowest BCUT2D eigenvalue weighted by atomic mass is 10.0. The fraction of sp³-hybridized carbons (Fsp3) is 0.633. The Kier molecular flexibility index (Phi) is 13.0. The van der Waals surface area contributed by atoms with E-state index in [2.05, 4.69) is 10.3 Å². The Bertz CT molecular complexity index is 1440. The summed E-state index contributed by atoms with van der Waals surface area (Å²) in [5.74, 6) is -1.61. The highest BCUT2D eigenvalue weighted by Crippen LogP contribution is 2.29. The second kappa shape index (κ2) is 16.1. The number of benzene rings is 1. The highest BCUT2D eigenvalue weighted by atomic mass is 32.2. The van der Waals surface area contributed by atoms with Gasteiger partial charge in [-0.3, -0.25) is 9.59 Å². The first kappa shape index (κ1) is 37.2. The Morgan fingerprint density at radius 2 is 1.98 bits per heavy atom. The van der Waals surface area contributed by atoms with Crippen LogP contribution in [0, 0.1) is 5.92 Å². The highest BCUT2D eigenvalue weighted by molar-refractivity contribution is 7.89. The second-order valence-electron chi connectivity index (χ2n) is 11.8. The van der Waals surface area contributed by atoms with E-state index in [1.165, 1.54) is 51.5 Å². The standard InChI is InChI=1S/C30H44F3N5O7S/c1-20-15-38(21(2)18-39)29(41)24-14-23(35-27(40)11-12-30(31,32)33)9-10-25(24)45-22(3)8-6-7-13-44-26(20)16-37(5)46(42,43)28-17-36(4)19-34-28/h9-10,14,17,19-22,26,39H,6-8,11-13,15-16,18H2,1-5H3,(H,35,40)/t20-,21+,22+,26-/m0/s1. The van der Waals surface area contributed by atoms with Gasteiger partial charge in [0.05, 0.1) is 43.2 Å². The van der Waals surface area contributed by atoms with Gasteiger partial charge in [-0.1, -0.05) is 6.92 Å². The Morgan fingerprint density at radius 3 is 2.61 bits per heavy atom. The first-order valence-electron chi connectivity index (χ1n) is 15.2. The minimum absolute atomic E-state index is 0.0280. The number of amides is 2. The third-order valence-corrected chi connectivity index (χ3v) is 9.47. The van der Waals surface area contributed by atoms with Crippen molar-refractivity contribution in [3.63, 3.8) is 0 Å². The maximum absolute atomic E-state index is 14.1. The molecule has 3 rings (SSSR count). The number of fused-ring (bicyclic) bond motifs is 1. The number of rotatable bonds is 9. The molecule has 258 valence electrons. The van der Waals surface area contributed by atoms with Crippen molar-refractivity contribution in [1.29, 1.82) is 0 Å². The number of hydrogen-bond acceptors (Lipinski definition) is 8. The molecule has 1 aromatic carbocycles. The zero-order chi connectivity index (χ0) is 34.2. The van der Waals surface area contributed by atoms with Crippen molar-refractivity contribution in [2.75, 3.05) is 38.7 Å². The number of imidazole rings is 1. The Hall–Kier alpha value is -3.21. The maximum atomic E-state index is 14.1. The van der Waals surface area contributed by atoms with Gasteiger partial charge >= 0.3 is 6.18 Å². The van der Waals surface area contributed by atoms with Gasteiger partial charge in [0.2, 0.25) is 5.91 Å². The van der Waals surface area contributed by atoms with Gasteiger partial charge in [0.25, 0.3) is 15.9 Å². The van der Waals surface area contributed by atoms with Crippen LogP contribution in [-0.2, 0) is 26.6 Å². The quantitative estimate of drug-likeness (QED) is 0.409. The average Bonchev–Trinajstić information content (AvgIpc) is 3.44. The zero-order valence-corrected chi connectivity index (χ0v) is 27.6. The molecule has 2 aromatic rings. The normalized spacial score (nSPS) is 21.3. The third-order valence-electron chi connectivity index (χ3n) is 7.76. The predicted molar refractivity (Wildman–Crippen MR) is 164 cm³/mol. The lowest BCUT2D eigenvalue weighted by Gasteiger charge is -2.35. The lowest BCUT2D eigenvalue weighted by Crippen LogP contribution is -2.48. The lowest BCUT2D eigenvalue weighted by molar-refractivity contribution is -0.142. The molecule has 0 aliphatic carbocycles. The first-order valence-corrected chi connectivity index (χ1v) is 16.6. The van der Waals surface area contributed by atoms with Crippen LogP contribution < -0.4 is 10.1 Å². The van der Waals surface area contributed by atoms with Crippen molar-refractivity contribution < 1.29 is 45.8 Å². The number of ether oxygens (including phenoxy) is 2. The van der Waals surface area contributed by atoms with Crippen LogP contribution in [-0.4, -0.2) is 102 Å². The van der Waals surface area contributed by atoms with Gasteiger partial charge in [-0.05, 0) is 51.3 Å². The van der Waals surface area contributed by atoms with Crippen LogP contribution in [0.5, 0.6) is 5.75 Å². The summed E-state index contributed by atoms with van der Waals surface area (Å²) in [5.41, 5.74) is 0.168. The van der Waals surface area contributed by atoms with E-state index in [-0.39, 0.29) is 41.2 Å². The molecule has 0 unspecified atom stereocenters. The number of halogens is 3. The number of hydrogen-bond donors (Lipinski definition) is 2. The van der Waals surface area contributed by atoms with E-state index in [1.807, 2.05) is 13.8 Å².